The maximum absolute atomic E-state index is 12.0. The van der Waals surface area contributed by atoms with E-state index < -0.39 is 10.0 Å². The zero-order valence-electron chi connectivity index (χ0n) is 11.7. The van der Waals surface area contributed by atoms with E-state index in [0.717, 1.165) is 11.3 Å². The summed E-state index contributed by atoms with van der Waals surface area (Å²) in [5.41, 5.74) is 2.08. The van der Waals surface area contributed by atoms with Crippen LogP contribution in [0.4, 0.5) is 0 Å². The van der Waals surface area contributed by atoms with Gasteiger partial charge in [0.25, 0.3) is 0 Å². The SMILES string of the molecule is CCOC[C@H]1CN(S(=O)(=O)CC)Cc2cnn(C)c21. The Hall–Kier alpha value is -0.920. The molecule has 0 unspecified atom stereocenters. The van der Waals surface area contributed by atoms with Crippen molar-refractivity contribution in [1.29, 1.82) is 0 Å². The molecule has 1 aliphatic heterocycles. The van der Waals surface area contributed by atoms with E-state index >= 15 is 0 Å². The number of rotatable bonds is 5. The first kappa shape index (κ1) is 14.5. The molecule has 0 radical (unpaired) electrons. The molecular weight excluding hydrogens is 266 g/mol. The van der Waals surface area contributed by atoms with Gasteiger partial charge in [-0.2, -0.15) is 9.40 Å². The van der Waals surface area contributed by atoms with Crippen LogP contribution in [-0.2, 0) is 28.4 Å². The molecule has 0 aromatic carbocycles. The van der Waals surface area contributed by atoms with Crippen LogP contribution < -0.4 is 0 Å². The Labute approximate surface area is 114 Å². The van der Waals surface area contributed by atoms with E-state index in [2.05, 4.69) is 5.10 Å². The van der Waals surface area contributed by atoms with Crippen LogP contribution in [0.5, 0.6) is 0 Å². The van der Waals surface area contributed by atoms with Crippen LogP contribution in [0.15, 0.2) is 6.20 Å². The van der Waals surface area contributed by atoms with Gasteiger partial charge in [-0.25, -0.2) is 8.42 Å². The van der Waals surface area contributed by atoms with E-state index in [0.29, 0.717) is 26.3 Å². The first-order valence-corrected chi connectivity index (χ1v) is 8.16. The lowest BCUT2D eigenvalue weighted by Gasteiger charge is -2.32. The summed E-state index contributed by atoms with van der Waals surface area (Å²) in [4.78, 5) is 0. The van der Waals surface area contributed by atoms with Gasteiger partial charge in [-0.1, -0.05) is 0 Å². The number of sulfonamides is 1. The largest absolute Gasteiger partial charge is 0.381 e. The van der Waals surface area contributed by atoms with Gasteiger partial charge in [0.05, 0.1) is 18.6 Å². The van der Waals surface area contributed by atoms with Crippen molar-refractivity contribution < 1.29 is 13.2 Å². The minimum Gasteiger partial charge on any atom is -0.381 e. The van der Waals surface area contributed by atoms with Crippen molar-refractivity contribution in [2.75, 3.05) is 25.5 Å². The smallest absolute Gasteiger partial charge is 0.214 e. The number of fused-ring (bicyclic) bond motifs is 1. The van der Waals surface area contributed by atoms with Gasteiger partial charge in [0.1, 0.15) is 0 Å². The highest BCUT2D eigenvalue weighted by molar-refractivity contribution is 7.89. The fraction of sp³-hybridized carbons (Fsp3) is 0.750. The number of hydrogen-bond acceptors (Lipinski definition) is 4. The number of nitrogens with zero attached hydrogens (tertiary/aromatic N) is 3. The van der Waals surface area contributed by atoms with Crippen molar-refractivity contribution in [3.05, 3.63) is 17.5 Å². The van der Waals surface area contributed by atoms with E-state index in [1.807, 2.05) is 18.7 Å². The molecule has 7 heteroatoms. The van der Waals surface area contributed by atoms with Crippen molar-refractivity contribution in [3.8, 4) is 0 Å². The molecule has 0 saturated carbocycles. The number of aryl methyl sites for hydroxylation is 1. The molecule has 0 amide bonds. The molecule has 0 aliphatic carbocycles. The van der Waals surface area contributed by atoms with Crippen molar-refractivity contribution in [1.82, 2.24) is 14.1 Å². The second-order valence-electron chi connectivity index (χ2n) is 4.73. The number of ether oxygens (including phenoxy) is 1. The van der Waals surface area contributed by atoms with Gasteiger partial charge in [0.2, 0.25) is 10.0 Å². The highest BCUT2D eigenvalue weighted by Crippen LogP contribution is 2.29. The van der Waals surface area contributed by atoms with Crippen molar-refractivity contribution in [2.24, 2.45) is 7.05 Å². The fourth-order valence-corrected chi connectivity index (χ4v) is 3.62. The van der Waals surface area contributed by atoms with E-state index in [1.54, 1.807) is 17.4 Å². The van der Waals surface area contributed by atoms with Gasteiger partial charge in [-0.3, -0.25) is 4.68 Å². The molecule has 1 aromatic heterocycles. The van der Waals surface area contributed by atoms with E-state index in [1.165, 1.54) is 0 Å². The van der Waals surface area contributed by atoms with Crippen LogP contribution in [0.2, 0.25) is 0 Å². The Morgan fingerprint density at radius 2 is 2.21 bits per heavy atom. The molecule has 1 aliphatic rings. The van der Waals surface area contributed by atoms with Gasteiger partial charge in [-0.15, -0.1) is 0 Å². The first-order valence-electron chi connectivity index (χ1n) is 6.56. The van der Waals surface area contributed by atoms with Crippen molar-refractivity contribution in [2.45, 2.75) is 26.3 Å². The predicted molar refractivity (Wildman–Crippen MR) is 72.3 cm³/mol. The monoisotopic (exact) mass is 287 g/mol. The molecule has 108 valence electrons. The highest BCUT2D eigenvalue weighted by atomic mass is 32.2. The molecule has 0 saturated heterocycles. The molecule has 6 nitrogen and oxygen atoms in total. The molecular formula is C12H21N3O3S. The first-order chi connectivity index (χ1) is 8.99. The summed E-state index contributed by atoms with van der Waals surface area (Å²) >= 11 is 0. The second-order valence-corrected chi connectivity index (χ2v) is 6.99. The Kier molecular flexibility index (Phi) is 4.27. The standard InChI is InChI=1S/C12H21N3O3S/c1-4-18-9-11-8-15(19(16,17)5-2)7-10-6-13-14(3)12(10)11/h6,11H,4-5,7-9H2,1-3H3/t11-/m1/s1. The van der Waals surface area contributed by atoms with Crippen molar-refractivity contribution in [3.63, 3.8) is 0 Å². The summed E-state index contributed by atoms with van der Waals surface area (Å²) in [5, 5.41) is 4.24. The third-order valence-corrected chi connectivity index (χ3v) is 5.30. The minimum atomic E-state index is -3.17. The van der Waals surface area contributed by atoms with Gasteiger partial charge < -0.3 is 4.74 Å². The fourth-order valence-electron chi connectivity index (χ4n) is 2.51. The predicted octanol–water partition coefficient (Wildman–Crippen LogP) is 0.706. The lowest BCUT2D eigenvalue weighted by Crippen LogP contribution is -2.40. The number of aromatic nitrogens is 2. The quantitative estimate of drug-likeness (QED) is 0.800. The normalized spacial score (nSPS) is 20.5. The second kappa shape index (κ2) is 5.60. The van der Waals surface area contributed by atoms with Crippen LogP contribution in [0.1, 0.15) is 31.0 Å². The van der Waals surface area contributed by atoms with Crippen LogP contribution >= 0.6 is 0 Å². The van der Waals surface area contributed by atoms with Crippen LogP contribution in [-0.4, -0.2) is 48.0 Å². The van der Waals surface area contributed by atoms with Gasteiger partial charge in [-0.05, 0) is 13.8 Å². The summed E-state index contributed by atoms with van der Waals surface area (Å²) in [6.07, 6.45) is 1.76. The molecule has 2 rings (SSSR count). The molecule has 0 bridgehead atoms. The maximum Gasteiger partial charge on any atom is 0.214 e. The lowest BCUT2D eigenvalue weighted by atomic mass is 9.99. The molecule has 0 N–H and O–H groups in total. The average Bonchev–Trinajstić information content (AvgIpc) is 2.78. The third-order valence-electron chi connectivity index (χ3n) is 3.50. The highest BCUT2D eigenvalue weighted by Gasteiger charge is 2.33. The van der Waals surface area contributed by atoms with E-state index in [-0.39, 0.29) is 11.7 Å². The zero-order valence-corrected chi connectivity index (χ0v) is 12.5. The van der Waals surface area contributed by atoms with Gasteiger partial charge >= 0.3 is 0 Å². The average molecular weight is 287 g/mol. The van der Waals surface area contributed by atoms with E-state index in [4.69, 9.17) is 4.74 Å². The van der Waals surface area contributed by atoms with E-state index in [9.17, 15) is 8.42 Å². The Balaban J connectivity index is 2.30. The molecule has 2 heterocycles. The Morgan fingerprint density at radius 3 is 2.84 bits per heavy atom. The minimum absolute atomic E-state index is 0.0533. The summed E-state index contributed by atoms with van der Waals surface area (Å²) in [6, 6.07) is 0. The molecule has 0 fully saturated rings. The molecule has 1 aromatic rings. The Morgan fingerprint density at radius 1 is 1.47 bits per heavy atom. The molecule has 0 spiro atoms. The van der Waals surface area contributed by atoms with Gasteiger partial charge in [0.15, 0.2) is 0 Å². The van der Waals surface area contributed by atoms with Crippen LogP contribution in [0.25, 0.3) is 0 Å². The van der Waals surface area contributed by atoms with Crippen LogP contribution in [0, 0.1) is 0 Å². The topological polar surface area (TPSA) is 64.4 Å². The maximum atomic E-state index is 12.0. The summed E-state index contributed by atoms with van der Waals surface area (Å²) in [5.74, 6) is 0.182. The summed E-state index contributed by atoms with van der Waals surface area (Å²) in [7, 11) is -1.28. The Bertz CT molecular complexity index is 538. The zero-order chi connectivity index (χ0) is 14.0. The summed E-state index contributed by atoms with van der Waals surface area (Å²) < 4.78 is 33.0. The van der Waals surface area contributed by atoms with Gasteiger partial charge in [0, 0.05) is 43.9 Å². The number of hydrogen-bond donors (Lipinski definition) is 0. The van der Waals surface area contributed by atoms with Crippen LogP contribution in [0.3, 0.4) is 0 Å². The van der Waals surface area contributed by atoms with Crippen molar-refractivity contribution >= 4 is 10.0 Å². The third kappa shape index (κ3) is 2.82. The lowest BCUT2D eigenvalue weighted by molar-refractivity contribution is 0.119. The molecule has 1 atom stereocenters. The molecule has 19 heavy (non-hydrogen) atoms. The summed E-state index contributed by atoms with van der Waals surface area (Å²) in [6.45, 7) is 5.66.